The summed E-state index contributed by atoms with van der Waals surface area (Å²) in [6.07, 6.45) is 3.48. The predicted molar refractivity (Wildman–Crippen MR) is 74.4 cm³/mol. The Morgan fingerprint density at radius 3 is 2.65 bits per heavy atom. The highest BCUT2D eigenvalue weighted by Gasteiger charge is 2.03. The zero-order valence-electron chi connectivity index (χ0n) is 11.3. The first-order valence-electron chi connectivity index (χ1n) is 6.27. The van der Waals surface area contributed by atoms with E-state index in [0.717, 1.165) is 24.3 Å². The Labute approximate surface area is 105 Å². The standard InChI is InChI=1S/C15H23NO/c1-5-13(11-16-4)10-14-8-6-7-9-15(14)17-12(2)3/h6-10,12,16H,5,11H2,1-4H3. The zero-order chi connectivity index (χ0) is 12.7. The van der Waals surface area contributed by atoms with E-state index in [0.29, 0.717) is 0 Å². The molecule has 1 N–H and O–H groups in total. The predicted octanol–water partition coefficient (Wildman–Crippen LogP) is 3.49. The molecule has 17 heavy (non-hydrogen) atoms. The van der Waals surface area contributed by atoms with Gasteiger partial charge < -0.3 is 10.1 Å². The van der Waals surface area contributed by atoms with E-state index < -0.39 is 0 Å². The second-order valence-corrected chi connectivity index (χ2v) is 4.39. The fourth-order valence-electron chi connectivity index (χ4n) is 1.69. The summed E-state index contributed by atoms with van der Waals surface area (Å²) in [6.45, 7) is 7.20. The molecule has 0 aliphatic carbocycles. The van der Waals surface area contributed by atoms with Gasteiger partial charge in [0.05, 0.1) is 6.10 Å². The summed E-state index contributed by atoms with van der Waals surface area (Å²) in [7, 11) is 1.97. The molecule has 0 aliphatic heterocycles. The van der Waals surface area contributed by atoms with Crippen molar-refractivity contribution in [3.05, 3.63) is 35.4 Å². The van der Waals surface area contributed by atoms with E-state index in [-0.39, 0.29) is 6.10 Å². The number of ether oxygens (including phenoxy) is 1. The minimum atomic E-state index is 0.207. The quantitative estimate of drug-likeness (QED) is 0.812. The van der Waals surface area contributed by atoms with Crippen molar-refractivity contribution in [2.75, 3.05) is 13.6 Å². The molecule has 0 atom stereocenters. The van der Waals surface area contributed by atoms with Gasteiger partial charge in [0.15, 0.2) is 0 Å². The average molecular weight is 233 g/mol. The first-order chi connectivity index (χ1) is 8.17. The monoisotopic (exact) mass is 233 g/mol. The molecule has 0 aliphatic rings. The van der Waals surface area contributed by atoms with Crippen LogP contribution in [0.15, 0.2) is 29.8 Å². The molecule has 0 spiro atoms. The second-order valence-electron chi connectivity index (χ2n) is 4.39. The fraction of sp³-hybridized carbons (Fsp3) is 0.467. The summed E-state index contributed by atoms with van der Waals surface area (Å²) in [5.74, 6) is 0.963. The van der Waals surface area contributed by atoms with Crippen LogP contribution in [0.2, 0.25) is 0 Å². The molecule has 0 heterocycles. The van der Waals surface area contributed by atoms with Gasteiger partial charge in [0, 0.05) is 12.1 Å². The van der Waals surface area contributed by atoms with E-state index in [9.17, 15) is 0 Å². The molecule has 94 valence electrons. The van der Waals surface area contributed by atoms with Crippen molar-refractivity contribution in [3.63, 3.8) is 0 Å². The van der Waals surface area contributed by atoms with Crippen molar-refractivity contribution < 1.29 is 4.74 Å². The van der Waals surface area contributed by atoms with Crippen LogP contribution in [0.4, 0.5) is 0 Å². The number of hydrogen-bond donors (Lipinski definition) is 1. The third-order valence-electron chi connectivity index (χ3n) is 2.50. The van der Waals surface area contributed by atoms with Gasteiger partial charge in [-0.1, -0.05) is 36.8 Å². The van der Waals surface area contributed by atoms with Gasteiger partial charge in [0.25, 0.3) is 0 Å². The van der Waals surface area contributed by atoms with E-state index >= 15 is 0 Å². The Morgan fingerprint density at radius 1 is 1.35 bits per heavy atom. The second kappa shape index (κ2) is 7.13. The van der Waals surface area contributed by atoms with E-state index in [2.05, 4.69) is 38.2 Å². The number of likely N-dealkylation sites (N-methyl/N-ethyl adjacent to an activating group) is 1. The van der Waals surface area contributed by atoms with Gasteiger partial charge in [-0.15, -0.1) is 0 Å². The van der Waals surface area contributed by atoms with Crippen molar-refractivity contribution in [1.29, 1.82) is 0 Å². The number of nitrogens with one attached hydrogen (secondary N) is 1. The molecule has 0 aromatic heterocycles. The van der Waals surface area contributed by atoms with Gasteiger partial charge in [-0.25, -0.2) is 0 Å². The smallest absolute Gasteiger partial charge is 0.126 e. The highest BCUT2D eigenvalue weighted by molar-refractivity contribution is 5.60. The summed E-state index contributed by atoms with van der Waals surface area (Å²) in [5, 5.41) is 3.19. The van der Waals surface area contributed by atoms with Crippen LogP contribution < -0.4 is 10.1 Å². The minimum Gasteiger partial charge on any atom is -0.490 e. The van der Waals surface area contributed by atoms with Crippen molar-refractivity contribution in [2.24, 2.45) is 0 Å². The first kappa shape index (κ1) is 13.8. The van der Waals surface area contributed by atoms with Crippen LogP contribution in [0.25, 0.3) is 6.08 Å². The van der Waals surface area contributed by atoms with Crippen LogP contribution >= 0.6 is 0 Å². The summed E-state index contributed by atoms with van der Waals surface area (Å²) in [4.78, 5) is 0. The van der Waals surface area contributed by atoms with Gasteiger partial charge in [-0.2, -0.15) is 0 Å². The minimum absolute atomic E-state index is 0.207. The highest BCUT2D eigenvalue weighted by atomic mass is 16.5. The van der Waals surface area contributed by atoms with E-state index in [1.165, 1.54) is 5.57 Å². The average Bonchev–Trinajstić information content (AvgIpc) is 2.30. The fourth-order valence-corrected chi connectivity index (χ4v) is 1.69. The Bertz CT molecular complexity index is 369. The molecule has 1 rings (SSSR count). The molecule has 0 saturated carbocycles. The molecule has 0 radical (unpaired) electrons. The van der Waals surface area contributed by atoms with Crippen molar-refractivity contribution in [3.8, 4) is 5.75 Å². The van der Waals surface area contributed by atoms with E-state index in [4.69, 9.17) is 4.74 Å². The van der Waals surface area contributed by atoms with Crippen LogP contribution in [0.1, 0.15) is 32.8 Å². The lowest BCUT2D eigenvalue weighted by atomic mass is 10.1. The van der Waals surface area contributed by atoms with Crippen LogP contribution in [0.5, 0.6) is 5.75 Å². The van der Waals surface area contributed by atoms with Crippen LogP contribution in [-0.4, -0.2) is 19.7 Å². The SMILES string of the molecule is CCC(=Cc1ccccc1OC(C)C)CNC. The summed E-state index contributed by atoms with van der Waals surface area (Å²) in [5.41, 5.74) is 2.54. The van der Waals surface area contributed by atoms with Gasteiger partial charge in [0.2, 0.25) is 0 Å². The third-order valence-corrected chi connectivity index (χ3v) is 2.50. The van der Waals surface area contributed by atoms with Crippen LogP contribution in [-0.2, 0) is 0 Å². The van der Waals surface area contributed by atoms with Crippen molar-refractivity contribution >= 4 is 6.08 Å². The molecule has 2 heteroatoms. The summed E-state index contributed by atoms with van der Waals surface area (Å²) in [6, 6.07) is 8.19. The Hall–Kier alpha value is -1.28. The molecule has 2 nitrogen and oxygen atoms in total. The van der Waals surface area contributed by atoms with Crippen molar-refractivity contribution in [1.82, 2.24) is 5.32 Å². The van der Waals surface area contributed by atoms with Crippen molar-refractivity contribution in [2.45, 2.75) is 33.3 Å². The zero-order valence-corrected chi connectivity index (χ0v) is 11.3. The van der Waals surface area contributed by atoms with Gasteiger partial charge in [-0.3, -0.25) is 0 Å². The first-order valence-corrected chi connectivity index (χ1v) is 6.27. The maximum absolute atomic E-state index is 5.80. The number of benzene rings is 1. The normalized spacial score (nSPS) is 11.9. The third kappa shape index (κ3) is 4.61. The van der Waals surface area contributed by atoms with Gasteiger partial charge in [-0.05, 0) is 33.4 Å². The lowest BCUT2D eigenvalue weighted by Gasteiger charge is -2.13. The lowest BCUT2D eigenvalue weighted by Crippen LogP contribution is -2.10. The molecule has 1 aromatic rings. The lowest BCUT2D eigenvalue weighted by molar-refractivity contribution is 0.242. The largest absolute Gasteiger partial charge is 0.490 e. The number of hydrogen-bond acceptors (Lipinski definition) is 2. The molecule has 0 unspecified atom stereocenters. The maximum atomic E-state index is 5.80. The van der Waals surface area contributed by atoms with Gasteiger partial charge >= 0.3 is 0 Å². The Morgan fingerprint density at radius 2 is 2.06 bits per heavy atom. The summed E-state index contributed by atoms with van der Waals surface area (Å²) >= 11 is 0. The number of rotatable bonds is 6. The molecule has 0 amide bonds. The molecule has 0 bridgehead atoms. The molecule has 0 fully saturated rings. The maximum Gasteiger partial charge on any atom is 0.126 e. The van der Waals surface area contributed by atoms with E-state index in [1.807, 2.05) is 25.2 Å². The van der Waals surface area contributed by atoms with E-state index in [1.54, 1.807) is 0 Å². The molecule has 0 saturated heterocycles. The Kier molecular flexibility index (Phi) is 5.78. The number of para-hydroxylation sites is 1. The van der Waals surface area contributed by atoms with Gasteiger partial charge in [0.1, 0.15) is 5.75 Å². The van der Waals surface area contributed by atoms with Crippen LogP contribution in [0, 0.1) is 0 Å². The summed E-state index contributed by atoms with van der Waals surface area (Å²) < 4.78 is 5.80. The highest BCUT2D eigenvalue weighted by Crippen LogP contribution is 2.22. The Balaban J connectivity index is 2.95. The topological polar surface area (TPSA) is 21.3 Å². The molecular weight excluding hydrogens is 210 g/mol. The van der Waals surface area contributed by atoms with Crippen LogP contribution in [0.3, 0.4) is 0 Å². The molecule has 1 aromatic carbocycles. The molecular formula is C15H23NO.